The van der Waals surface area contributed by atoms with Crippen molar-refractivity contribution in [2.45, 2.75) is 19.6 Å². The van der Waals surface area contributed by atoms with Gasteiger partial charge < -0.3 is 14.6 Å². The SMILES string of the molecule is CC1(C)Oc2ccc(NS(=O)(=O)CC(=O)O)cc2O1. The number of carboxylic acids is 1. The van der Waals surface area contributed by atoms with Crippen molar-refractivity contribution in [3.05, 3.63) is 18.2 Å². The average molecular weight is 287 g/mol. The summed E-state index contributed by atoms with van der Waals surface area (Å²) in [4.78, 5) is 10.4. The summed E-state index contributed by atoms with van der Waals surface area (Å²) < 4.78 is 36.0. The minimum absolute atomic E-state index is 0.223. The number of hydrogen-bond acceptors (Lipinski definition) is 5. The highest BCUT2D eigenvalue weighted by Crippen LogP contribution is 2.40. The number of carboxylic acid groups (broad SMARTS) is 1. The second-order valence-electron chi connectivity index (χ2n) is 4.52. The normalized spacial score (nSPS) is 16.1. The molecule has 0 atom stereocenters. The fourth-order valence-electron chi connectivity index (χ4n) is 1.66. The first-order valence-electron chi connectivity index (χ1n) is 5.41. The summed E-state index contributed by atoms with van der Waals surface area (Å²) in [6, 6.07) is 4.48. The molecule has 1 aromatic carbocycles. The molecule has 0 saturated carbocycles. The van der Waals surface area contributed by atoms with E-state index in [9.17, 15) is 13.2 Å². The number of rotatable bonds is 4. The molecule has 0 amide bonds. The smallest absolute Gasteiger partial charge is 0.320 e. The first kappa shape index (κ1) is 13.5. The number of anilines is 1. The van der Waals surface area contributed by atoms with Crippen LogP contribution in [0.1, 0.15) is 13.8 Å². The van der Waals surface area contributed by atoms with Gasteiger partial charge >= 0.3 is 5.97 Å². The molecule has 0 bridgehead atoms. The highest BCUT2D eigenvalue weighted by Gasteiger charge is 2.31. The molecule has 0 radical (unpaired) electrons. The van der Waals surface area contributed by atoms with Gasteiger partial charge in [0, 0.05) is 19.9 Å². The van der Waals surface area contributed by atoms with E-state index in [-0.39, 0.29) is 5.69 Å². The first-order chi connectivity index (χ1) is 8.67. The van der Waals surface area contributed by atoms with Crippen molar-refractivity contribution in [2.75, 3.05) is 10.5 Å². The Labute approximate surface area is 110 Å². The molecule has 1 aliphatic rings. The zero-order valence-electron chi connectivity index (χ0n) is 10.3. The fourth-order valence-corrected chi connectivity index (χ4v) is 2.55. The molecule has 0 fully saturated rings. The lowest BCUT2D eigenvalue weighted by atomic mass is 10.3. The Morgan fingerprint density at radius 3 is 2.58 bits per heavy atom. The number of benzene rings is 1. The summed E-state index contributed by atoms with van der Waals surface area (Å²) in [5.74, 6) is -2.31. The Morgan fingerprint density at radius 1 is 1.32 bits per heavy atom. The van der Waals surface area contributed by atoms with Crippen LogP contribution in [0.15, 0.2) is 18.2 Å². The average Bonchev–Trinajstić information content (AvgIpc) is 2.47. The third-order valence-electron chi connectivity index (χ3n) is 2.24. The highest BCUT2D eigenvalue weighted by molar-refractivity contribution is 7.93. The van der Waals surface area contributed by atoms with Gasteiger partial charge in [0.1, 0.15) is 0 Å². The molecule has 2 rings (SSSR count). The van der Waals surface area contributed by atoms with Crippen LogP contribution in [0.2, 0.25) is 0 Å². The van der Waals surface area contributed by atoms with Crippen molar-refractivity contribution in [1.82, 2.24) is 0 Å². The molecule has 104 valence electrons. The van der Waals surface area contributed by atoms with E-state index in [1.807, 2.05) is 0 Å². The van der Waals surface area contributed by atoms with Crippen molar-refractivity contribution >= 4 is 21.7 Å². The van der Waals surface area contributed by atoms with Gasteiger partial charge in [-0.25, -0.2) is 8.42 Å². The van der Waals surface area contributed by atoms with Crippen molar-refractivity contribution in [3.8, 4) is 11.5 Å². The molecule has 0 spiro atoms. The highest BCUT2D eigenvalue weighted by atomic mass is 32.2. The van der Waals surface area contributed by atoms with Crippen LogP contribution in [0.5, 0.6) is 11.5 Å². The summed E-state index contributed by atoms with van der Waals surface area (Å²) >= 11 is 0. The predicted octanol–water partition coefficient (Wildman–Crippen LogP) is 1.02. The Morgan fingerprint density at radius 2 is 1.95 bits per heavy atom. The second-order valence-corrected chi connectivity index (χ2v) is 6.24. The largest absolute Gasteiger partial charge is 0.480 e. The van der Waals surface area contributed by atoms with Crippen LogP contribution < -0.4 is 14.2 Å². The molecule has 2 N–H and O–H groups in total. The Bertz CT molecular complexity index is 622. The van der Waals surface area contributed by atoms with Crippen LogP contribution in [-0.4, -0.2) is 31.0 Å². The molecule has 0 aliphatic carbocycles. The van der Waals surface area contributed by atoms with Crippen LogP contribution in [0.4, 0.5) is 5.69 Å². The third-order valence-corrected chi connectivity index (χ3v) is 3.42. The second kappa shape index (κ2) is 4.30. The van der Waals surface area contributed by atoms with Crippen molar-refractivity contribution < 1.29 is 27.8 Å². The van der Waals surface area contributed by atoms with Gasteiger partial charge in [0.05, 0.1) is 5.69 Å². The summed E-state index contributed by atoms with van der Waals surface area (Å²) in [6.45, 7) is 3.45. The van der Waals surface area contributed by atoms with E-state index >= 15 is 0 Å². The fraction of sp³-hybridized carbons (Fsp3) is 0.364. The number of sulfonamides is 1. The minimum atomic E-state index is -3.93. The van der Waals surface area contributed by atoms with Gasteiger partial charge in [0.2, 0.25) is 15.8 Å². The number of nitrogens with one attached hydrogen (secondary N) is 1. The van der Waals surface area contributed by atoms with Crippen LogP contribution in [-0.2, 0) is 14.8 Å². The molecule has 7 nitrogen and oxygen atoms in total. The lowest BCUT2D eigenvalue weighted by Crippen LogP contribution is -2.29. The summed E-state index contributed by atoms with van der Waals surface area (Å²) in [5, 5.41) is 8.49. The van der Waals surface area contributed by atoms with Crippen molar-refractivity contribution in [2.24, 2.45) is 0 Å². The number of carbonyl (C=O) groups is 1. The summed E-state index contributed by atoms with van der Waals surface area (Å²) in [5.41, 5.74) is 0.223. The minimum Gasteiger partial charge on any atom is -0.480 e. The molecule has 1 heterocycles. The number of ether oxygens (including phenoxy) is 2. The number of aliphatic carboxylic acids is 1. The molecule has 0 unspecified atom stereocenters. The Kier molecular flexibility index (Phi) is 3.05. The zero-order chi connectivity index (χ0) is 14.3. The summed E-state index contributed by atoms with van der Waals surface area (Å²) in [6.07, 6.45) is 0. The number of hydrogen-bond donors (Lipinski definition) is 2. The maximum atomic E-state index is 11.5. The van der Waals surface area contributed by atoms with Gasteiger partial charge in [-0.2, -0.15) is 0 Å². The number of fused-ring (bicyclic) bond motifs is 1. The molecule has 8 heteroatoms. The van der Waals surface area contributed by atoms with Gasteiger partial charge in [-0.1, -0.05) is 0 Å². The molecular formula is C11H13NO6S. The van der Waals surface area contributed by atoms with E-state index in [2.05, 4.69) is 4.72 Å². The summed E-state index contributed by atoms with van der Waals surface area (Å²) in [7, 11) is -3.93. The zero-order valence-corrected chi connectivity index (χ0v) is 11.2. The molecule has 0 saturated heterocycles. The Balaban J connectivity index is 2.19. The quantitative estimate of drug-likeness (QED) is 0.857. The topological polar surface area (TPSA) is 102 Å². The van der Waals surface area contributed by atoms with Crippen LogP contribution in [0.25, 0.3) is 0 Å². The molecule has 1 aliphatic heterocycles. The molecule has 1 aromatic rings. The van der Waals surface area contributed by atoms with Gasteiger partial charge in [0.25, 0.3) is 0 Å². The van der Waals surface area contributed by atoms with E-state index < -0.39 is 27.5 Å². The van der Waals surface area contributed by atoms with Gasteiger partial charge in [-0.05, 0) is 12.1 Å². The van der Waals surface area contributed by atoms with Crippen molar-refractivity contribution in [3.63, 3.8) is 0 Å². The van der Waals surface area contributed by atoms with Gasteiger partial charge in [-0.15, -0.1) is 0 Å². The lowest BCUT2D eigenvalue weighted by molar-refractivity contribution is -0.134. The lowest BCUT2D eigenvalue weighted by Gasteiger charge is -2.16. The van der Waals surface area contributed by atoms with Crippen LogP contribution in [0.3, 0.4) is 0 Å². The maximum absolute atomic E-state index is 11.5. The first-order valence-corrected chi connectivity index (χ1v) is 7.06. The van der Waals surface area contributed by atoms with E-state index in [0.717, 1.165) is 0 Å². The monoisotopic (exact) mass is 287 g/mol. The van der Waals surface area contributed by atoms with Crippen LogP contribution in [0, 0.1) is 0 Å². The van der Waals surface area contributed by atoms with E-state index in [0.29, 0.717) is 11.5 Å². The molecular weight excluding hydrogens is 274 g/mol. The van der Waals surface area contributed by atoms with Gasteiger partial charge in [0.15, 0.2) is 17.3 Å². The standard InChI is InChI=1S/C11H13NO6S/c1-11(2)17-8-4-3-7(5-9(8)18-11)12-19(15,16)6-10(13)14/h3-5,12H,6H2,1-2H3,(H,13,14). The maximum Gasteiger partial charge on any atom is 0.320 e. The van der Waals surface area contributed by atoms with E-state index in [4.69, 9.17) is 14.6 Å². The van der Waals surface area contributed by atoms with Crippen LogP contribution >= 0.6 is 0 Å². The van der Waals surface area contributed by atoms with E-state index in [1.165, 1.54) is 12.1 Å². The van der Waals surface area contributed by atoms with Gasteiger partial charge in [-0.3, -0.25) is 9.52 Å². The Hall–Kier alpha value is -1.96. The third kappa shape index (κ3) is 3.28. The molecule has 19 heavy (non-hydrogen) atoms. The predicted molar refractivity (Wildman–Crippen MR) is 66.8 cm³/mol. The molecule has 0 aromatic heterocycles. The van der Waals surface area contributed by atoms with Crippen molar-refractivity contribution in [1.29, 1.82) is 0 Å². The van der Waals surface area contributed by atoms with E-state index in [1.54, 1.807) is 19.9 Å².